The van der Waals surface area contributed by atoms with Gasteiger partial charge >= 0.3 is 12.1 Å². The summed E-state index contributed by atoms with van der Waals surface area (Å²) in [4.78, 5) is 30.2. The number of nitrogens with one attached hydrogen (secondary N) is 1. The second-order valence-corrected chi connectivity index (χ2v) is 9.11. The Kier molecular flexibility index (Phi) is 7.31. The van der Waals surface area contributed by atoms with E-state index in [1.54, 1.807) is 36.0 Å². The van der Waals surface area contributed by atoms with E-state index in [2.05, 4.69) is 5.48 Å². The molecule has 0 aliphatic carbocycles. The lowest BCUT2D eigenvalue weighted by molar-refractivity contribution is -0.154. The number of hydrogen-bond acceptors (Lipinski definition) is 5. The number of hydroxylamine groups is 1. The molecular formula is C25H22F3NO4S. The third kappa shape index (κ3) is 5.64. The Bertz CT molecular complexity index is 1170. The second kappa shape index (κ2) is 10.4. The highest BCUT2D eigenvalue weighted by molar-refractivity contribution is 7.99. The molecule has 0 unspecified atom stereocenters. The molecule has 178 valence electrons. The summed E-state index contributed by atoms with van der Waals surface area (Å²) in [6, 6.07) is 15.2. The first-order valence-corrected chi connectivity index (χ1v) is 11.9. The summed E-state index contributed by atoms with van der Waals surface area (Å²) < 4.78 is 44.4. The summed E-state index contributed by atoms with van der Waals surface area (Å²) in [5.74, 6) is 0.642. The summed E-state index contributed by atoms with van der Waals surface area (Å²) in [5.41, 5.74) is 2.13. The molecule has 0 spiro atoms. The molecule has 34 heavy (non-hydrogen) atoms. The molecule has 3 aromatic carbocycles. The predicted octanol–water partition coefficient (Wildman–Crippen LogP) is 5.77. The van der Waals surface area contributed by atoms with Crippen LogP contribution in [0.1, 0.15) is 34.3 Å². The maximum atomic E-state index is 12.9. The van der Waals surface area contributed by atoms with Crippen LogP contribution in [0.2, 0.25) is 0 Å². The van der Waals surface area contributed by atoms with Crippen LogP contribution >= 0.6 is 11.8 Å². The van der Waals surface area contributed by atoms with E-state index >= 15 is 0 Å². The van der Waals surface area contributed by atoms with Crippen LogP contribution in [0.15, 0.2) is 60.7 Å². The normalized spacial score (nSPS) is 14.6. The number of hydrogen-bond donors (Lipinski definition) is 1. The van der Waals surface area contributed by atoms with E-state index in [1.165, 1.54) is 12.1 Å². The van der Waals surface area contributed by atoms with Gasteiger partial charge in [0.1, 0.15) is 12.4 Å². The van der Waals surface area contributed by atoms with Gasteiger partial charge in [-0.2, -0.15) is 30.4 Å². The van der Waals surface area contributed by atoms with Crippen molar-refractivity contribution in [1.29, 1.82) is 0 Å². The van der Waals surface area contributed by atoms with Crippen molar-refractivity contribution >= 4 is 34.4 Å². The van der Waals surface area contributed by atoms with E-state index in [0.717, 1.165) is 29.0 Å². The van der Waals surface area contributed by atoms with Gasteiger partial charge in [0, 0.05) is 5.39 Å². The summed E-state index contributed by atoms with van der Waals surface area (Å²) >= 11 is 1.78. The Labute approximate surface area is 198 Å². The van der Waals surface area contributed by atoms with E-state index in [0.29, 0.717) is 23.8 Å². The molecule has 1 N–H and O–H groups in total. The molecule has 9 heteroatoms. The monoisotopic (exact) mass is 489 g/mol. The van der Waals surface area contributed by atoms with Crippen molar-refractivity contribution in [1.82, 2.24) is 5.48 Å². The van der Waals surface area contributed by atoms with Crippen molar-refractivity contribution in [2.75, 3.05) is 11.5 Å². The van der Waals surface area contributed by atoms with E-state index < -0.39 is 23.6 Å². The molecule has 1 aliphatic rings. The fourth-order valence-electron chi connectivity index (χ4n) is 3.69. The second-order valence-electron chi connectivity index (χ2n) is 7.89. The zero-order chi connectivity index (χ0) is 24.1. The molecule has 0 saturated carbocycles. The van der Waals surface area contributed by atoms with Gasteiger partial charge in [-0.1, -0.05) is 42.5 Å². The molecule has 1 fully saturated rings. The van der Waals surface area contributed by atoms with Crippen LogP contribution in [0.25, 0.3) is 10.8 Å². The highest BCUT2D eigenvalue weighted by atomic mass is 32.2. The number of benzene rings is 3. The first kappa shape index (κ1) is 23.9. The molecule has 5 nitrogen and oxygen atoms in total. The fourth-order valence-corrected chi connectivity index (χ4v) is 4.80. The number of carbonyl (C=O) groups excluding carboxylic acids is 2. The standard InChI is InChI=1S/C25H22F3NO4S/c26-25(27,28)19-8-5-16(6-9-19)15-32-22-20-4-2-1-3-17(20)7-10-21(22)23(30)29-33-24(31)18-11-13-34-14-12-18/h1-10,18H,11-15H2,(H,29,30). The lowest BCUT2D eigenvalue weighted by Crippen LogP contribution is -2.32. The Morgan fingerprint density at radius 2 is 1.68 bits per heavy atom. The molecule has 1 amide bonds. The van der Waals surface area contributed by atoms with Crippen molar-refractivity contribution in [2.24, 2.45) is 5.92 Å². The van der Waals surface area contributed by atoms with Gasteiger partial charge in [0.25, 0.3) is 5.91 Å². The number of carbonyl (C=O) groups is 2. The Hall–Kier alpha value is -3.20. The zero-order valence-electron chi connectivity index (χ0n) is 18.1. The van der Waals surface area contributed by atoms with Crippen LogP contribution in [-0.4, -0.2) is 23.4 Å². The predicted molar refractivity (Wildman–Crippen MR) is 123 cm³/mol. The number of thioether (sulfide) groups is 1. The molecule has 1 saturated heterocycles. The first-order valence-electron chi connectivity index (χ1n) is 10.7. The Morgan fingerprint density at radius 3 is 2.38 bits per heavy atom. The summed E-state index contributed by atoms with van der Waals surface area (Å²) in [7, 11) is 0. The third-order valence-corrected chi connectivity index (χ3v) is 6.64. The average Bonchev–Trinajstić information content (AvgIpc) is 2.85. The fraction of sp³-hybridized carbons (Fsp3) is 0.280. The minimum absolute atomic E-state index is 0.0496. The van der Waals surface area contributed by atoms with Gasteiger partial charge in [-0.15, -0.1) is 0 Å². The molecule has 4 rings (SSSR count). The van der Waals surface area contributed by atoms with Crippen LogP contribution in [0.5, 0.6) is 5.75 Å². The number of alkyl halides is 3. The van der Waals surface area contributed by atoms with Crippen molar-refractivity contribution in [3.8, 4) is 5.75 Å². The summed E-state index contributed by atoms with van der Waals surface area (Å²) in [5, 5.41) is 1.47. The topological polar surface area (TPSA) is 64.6 Å². The largest absolute Gasteiger partial charge is 0.487 e. The molecule has 0 bridgehead atoms. The highest BCUT2D eigenvalue weighted by Crippen LogP contribution is 2.32. The van der Waals surface area contributed by atoms with Gasteiger partial charge in [0.2, 0.25) is 0 Å². The molecule has 0 radical (unpaired) electrons. The van der Waals surface area contributed by atoms with Crippen molar-refractivity contribution in [2.45, 2.75) is 25.6 Å². The minimum atomic E-state index is -4.42. The number of ether oxygens (including phenoxy) is 1. The highest BCUT2D eigenvalue weighted by Gasteiger charge is 2.30. The minimum Gasteiger partial charge on any atom is -0.487 e. The van der Waals surface area contributed by atoms with Crippen LogP contribution in [0.3, 0.4) is 0 Å². The molecule has 1 heterocycles. The van der Waals surface area contributed by atoms with Gasteiger partial charge in [-0.25, -0.2) is 4.79 Å². The first-order chi connectivity index (χ1) is 16.3. The molecule has 0 atom stereocenters. The van der Waals surface area contributed by atoms with Crippen LogP contribution in [-0.2, 0) is 22.4 Å². The lowest BCUT2D eigenvalue weighted by Gasteiger charge is -2.19. The van der Waals surface area contributed by atoms with Crippen LogP contribution in [0.4, 0.5) is 13.2 Å². The van der Waals surface area contributed by atoms with Gasteiger partial charge in [0.05, 0.1) is 17.0 Å². The van der Waals surface area contributed by atoms with Crippen molar-refractivity contribution in [3.05, 3.63) is 77.4 Å². The number of rotatable bonds is 5. The Balaban J connectivity index is 1.52. The molecule has 0 aromatic heterocycles. The maximum Gasteiger partial charge on any atom is 0.416 e. The zero-order valence-corrected chi connectivity index (χ0v) is 18.9. The van der Waals surface area contributed by atoms with E-state index in [9.17, 15) is 22.8 Å². The molecule has 1 aliphatic heterocycles. The number of fused-ring (bicyclic) bond motifs is 1. The van der Waals surface area contributed by atoms with Crippen LogP contribution in [0, 0.1) is 5.92 Å². The van der Waals surface area contributed by atoms with E-state index in [4.69, 9.17) is 9.57 Å². The average molecular weight is 490 g/mol. The van der Waals surface area contributed by atoms with Gasteiger partial charge in [0.15, 0.2) is 0 Å². The summed E-state index contributed by atoms with van der Waals surface area (Å²) in [6.07, 6.45) is -3.01. The number of halogens is 3. The third-order valence-electron chi connectivity index (χ3n) is 5.59. The van der Waals surface area contributed by atoms with Crippen molar-refractivity contribution < 1.29 is 32.3 Å². The van der Waals surface area contributed by atoms with E-state index in [-0.39, 0.29) is 23.8 Å². The summed E-state index contributed by atoms with van der Waals surface area (Å²) in [6.45, 7) is -0.0496. The smallest absolute Gasteiger partial charge is 0.416 e. The quantitative estimate of drug-likeness (QED) is 0.461. The Morgan fingerprint density at radius 1 is 0.971 bits per heavy atom. The van der Waals surface area contributed by atoms with Gasteiger partial charge in [-0.3, -0.25) is 4.79 Å². The van der Waals surface area contributed by atoms with Crippen LogP contribution < -0.4 is 10.2 Å². The van der Waals surface area contributed by atoms with Crippen molar-refractivity contribution in [3.63, 3.8) is 0 Å². The number of amides is 1. The maximum absolute atomic E-state index is 12.9. The van der Waals surface area contributed by atoms with E-state index in [1.807, 2.05) is 12.1 Å². The lowest BCUT2D eigenvalue weighted by atomic mass is 10.0. The molecule has 3 aromatic rings. The SMILES string of the molecule is O=C(NOC(=O)C1CCSCC1)c1ccc2ccccc2c1OCc1ccc(C(F)(F)F)cc1. The van der Waals surface area contributed by atoms with Gasteiger partial charge in [-0.05, 0) is 53.5 Å². The van der Waals surface area contributed by atoms with Gasteiger partial charge < -0.3 is 9.57 Å². The molecular weight excluding hydrogens is 467 g/mol.